The summed E-state index contributed by atoms with van der Waals surface area (Å²) in [6.07, 6.45) is -4.57. The van der Waals surface area contributed by atoms with E-state index in [0.29, 0.717) is 11.3 Å². The number of amides is 1. The molecule has 1 aromatic heterocycles. The Morgan fingerprint density at radius 3 is 2.53 bits per heavy atom. The number of nitrogens with one attached hydrogen (secondary N) is 1. The van der Waals surface area contributed by atoms with E-state index in [4.69, 9.17) is 5.11 Å². The molecular weight excluding hydrogens is 307 g/mol. The largest absolute Gasteiger partial charge is 0.480 e. The molecule has 0 aromatic carbocycles. The topological polar surface area (TPSA) is 92.2 Å². The SMILES string of the molecule is CC(=O)NC(CSc1nnc(C(F)(F)F)s1)C(=O)O. The minimum atomic E-state index is -4.57. The van der Waals surface area contributed by atoms with E-state index in [0.717, 1.165) is 18.7 Å². The molecule has 0 spiro atoms. The van der Waals surface area contributed by atoms with Crippen molar-refractivity contribution in [2.75, 3.05) is 5.75 Å². The molecule has 1 rings (SSSR count). The van der Waals surface area contributed by atoms with Crippen LogP contribution in [0.3, 0.4) is 0 Å². The van der Waals surface area contributed by atoms with Crippen molar-refractivity contribution in [3.05, 3.63) is 5.01 Å². The van der Waals surface area contributed by atoms with Gasteiger partial charge in [-0.05, 0) is 0 Å². The summed E-state index contributed by atoms with van der Waals surface area (Å²) in [7, 11) is 0. The number of aliphatic carboxylic acids is 1. The van der Waals surface area contributed by atoms with Crippen LogP contribution in [0.15, 0.2) is 4.34 Å². The van der Waals surface area contributed by atoms with Crippen LogP contribution in [0, 0.1) is 0 Å². The lowest BCUT2D eigenvalue weighted by Gasteiger charge is -2.11. The van der Waals surface area contributed by atoms with Gasteiger partial charge in [-0.3, -0.25) is 4.79 Å². The first kappa shape index (κ1) is 15.7. The van der Waals surface area contributed by atoms with Gasteiger partial charge in [0.2, 0.25) is 10.9 Å². The molecule has 6 nitrogen and oxygen atoms in total. The Morgan fingerprint density at radius 2 is 2.11 bits per heavy atom. The number of thioether (sulfide) groups is 1. The van der Waals surface area contributed by atoms with Crippen LogP contribution in [0.1, 0.15) is 11.9 Å². The molecule has 19 heavy (non-hydrogen) atoms. The standard InChI is InChI=1S/C8H8F3N3O3S2/c1-3(15)12-4(5(16)17)2-18-7-14-13-6(19-7)8(9,10)11/h4H,2H2,1H3,(H,12,15)(H,16,17). The lowest BCUT2D eigenvalue weighted by atomic mass is 10.3. The van der Waals surface area contributed by atoms with Crippen LogP contribution < -0.4 is 5.32 Å². The van der Waals surface area contributed by atoms with Crippen LogP contribution in [0.2, 0.25) is 0 Å². The first-order chi connectivity index (χ1) is 8.70. The Kier molecular flexibility index (Phi) is 5.11. The van der Waals surface area contributed by atoms with Gasteiger partial charge in [-0.2, -0.15) is 13.2 Å². The lowest BCUT2D eigenvalue weighted by molar-refractivity contribution is -0.140. The third-order valence-electron chi connectivity index (χ3n) is 1.70. The zero-order valence-corrected chi connectivity index (χ0v) is 11.0. The predicted octanol–water partition coefficient (Wildman–Crippen LogP) is 1.24. The summed E-state index contributed by atoms with van der Waals surface area (Å²) in [4.78, 5) is 21.5. The highest BCUT2D eigenvalue weighted by Gasteiger charge is 2.35. The fourth-order valence-electron chi connectivity index (χ4n) is 0.957. The molecule has 0 bridgehead atoms. The third-order valence-corrected chi connectivity index (χ3v) is 3.89. The number of halogens is 3. The number of aromatic nitrogens is 2. The molecule has 11 heteroatoms. The van der Waals surface area contributed by atoms with Crippen LogP contribution in [-0.2, 0) is 15.8 Å². The van der Waals surface area contributed by atoms with Gasteiger partial charge in [-0.25, -0.2) is 4.79 Å². The van der Waals surface area contributed by atoms with Crippen molar-refractivity contribution >= 4 is 35.0 Å². The molecule has 0 aliphatic rings. The van der Waals surface area contributed by atoms with Crippen LogP contribution in [0.25, 0.3) is 0 Å². The average molecular weight is 315 g/mol. The fourth-order valence-corrected chi connectivity index (χ4v) is 2.71. The maximum atomic E-state index is 12.2. The zero-order valence-electron chi connectivity index (χ0n) is 9.39. The molecule has 0 aliphatic heterocycles. The quantitative estimate of drug-likeness (QED) is 0.794. The Morgan fingerprint density at radius 1 is 1.47 bits per heavy atom. The highest BCUT2D eigenvalue weighted by Crippen LogP contribution is 2.34. The van der Waals surface area contributed by atoms with E-state index >= 15 is 0 Å². The van der Waals surface area contributed by atoms with E-state index in [1.165, 1.54) is 0 Å². The average Bonchev–Trinajstić information content (AvgIpc) is 2.71. The van der Waals surface area contributed by atoms with E-state index in [9.17, 15) is 22.8 Å². The highest BCUT2D eigenvalue weighted by atomic mass is 32.2. The minimum absolute atomic E-state index is 0.0103. The number of carbonyl (C=O) groups is 2. The first-order valence-corrected chi connectivity index (χ1v) is 6.53. The smallest absolute Gasteiger partial charge is 0.445 e. The number of alkyl halides is 3. The number of carboxylic acid groups (broad SMARTS) is 1. The molecule has 0 fully saturated rings. The number of nitrogens with zero attached hydrogens (tertiary/aromatic N) is 2. The van der Waals surface area contributed by atoms with Crippen LogP contribution >= 0.6 is 23.1 Å². The second kappa shape index (κ2) is 6.19. The summed E-state index contributed by atoms with van der Waals surface area (Å²) in [6.45, 7) is 1.15. The van der Waals surface area contributed by atoms with E-state index in [2.05, 4.69) is 15.5 Å². The molecule has 0 radical (unpaired) electrons. The Balaban J connectivity index is 2.62. The van der Waals surface area contributed by atoms with E-state index < -0.39 is 29.1 Å². The van der Waals surface area contributed by atoms with Crippen molar-refractivity contribution in [3.8, 4) is 0 Å². The molecule has 1 amide bonds. The van der Waals surface area contributed by atoms with Crippen molar-refractivity contribution in [1.29, 1.82) is 0 Å². The van der Waals surface area contributed by atoms with Crippen molar-refractivity contribution in [1.82, 2.24) is 15.5 Å². The molecule has 0 saturated carbocycles. The minimum Gasteiger partial charge on any atom is -0.480 e. The lowest BCUT2D eigenvalue weighted by Crippen LogP contribution is -2.41. The zero-order chi connectivity index (χ0) is 14.6. The summed E-state index contributed by atoms with van der Waals surface area (Å²) in [5, 5.41) is 16.1. The summed E-state index contributed by atoms with van der Waals surface area (Å²) in [5.74, 6) is -1.95. The van der Waals surface area contributed by atoms with Crippen molar-refractivity contribution in [3.63, 3.8) is 0 Å². The Bertz CT molecular complexity index is 477. The Labute approximate surface area is 113 Å². The van der Waals surface area contributed by atoms with Gasteiger partial charge in [-0.15, -0.1) is 10.2 Å². The molecule has 106 valence electrons. The van der Waals surface area contributed by atoms with Gasteiger partial charge in [0, 0.05) is 12.7 Å². The van der Waals surface area contributed by atoms with Crippen LogP contribution in [-0.4, -0.2) is 39.0 Å². The molecule has 0 saturated heterocycles. The summed E-state index contributed by atoms with van der Waals surface area (Å²) in [5.41, 5.74) is 0. The molecular formula is C8H8F3N3O3S2. The number of carboxylic acids is 1. The maximum absolute atomic E-state index is 12.2. The highest BCUT2D eigenvalue weighted by molar-refractivity contribution is 8.01. The molecule has 1 atom stereocenters. The first-order valence-electron chi connectivity index (χ1n) is 4.73. The van der Waals surface area contributed by atoms with Gasteiger partial charge >= 0.3 is 12.1 Å². The number of hydrogen-bond donors (Lipinski definition) is 2. The normalized spacial score (nSPS) is 13.1. The van der Waals surface area contributed by atoms with Crippen molar-refractivity contribution < 1.29 is 27.9 Å². The molecule has 2 N–H and O–H groups in total. The van der Waals surface area contributed by atoms with E-state index in [-0.39, 0.29) is 10.1 Å². The number of carbonyl (C=O) groups excluding carboxylic acids is 1. The third kappa shape index (κ3) is 5.03. The summed E-state index contributed by atoms with van der Waals surface area (Å²) >= 11 is 1.11. The Hall–Kier alpha value is -1.36. The molecule has 1 heterocycles. The van der Waals surface area contributed by atoms with Crippen molar-refractivity contribution in [2.24, 2.45) is 0 Å². The van der Waals surface area contributed by atoms with Crippen LogP contribution in [0.5, 0.6) is 0 Å². The van der Waals surface area contributed by atoms with Gasteiger partial charge in [-0.1, -0.05) is 23.1 Å². The van der Waals surface area contributed by atoms with Gasteiger partial charge < -0.3 is 10.4 Å². The fraction of sp³-hybridized carbons (Fsp3) is 0.500. The second-order valence-corrected chi connectivity index (χ2v) is 5.52. The van der Waals surface area contributed by atoms with E-state index in [1.807, 2.05) is 0 Å². The molecule has 1 unspecified atom stereocenters. The second-order valence-electron chi connectivity index (χ2n) is 3.27. The van der Waals surface area contributed by atoms with Gasteiger partial charge in [0.25, 0.3) is 0 Å². The van der Waals surface area contributed by atoms with Crippen molar-refractivity contribution in [2.45, 2.75) is 23.5 Å². The molecule has 1 aromatic rings. The monoisotopic (exact) mass is 315 g/mol. The summed E-state index contributed by atoms with van der Waals surface area (Å²) in [6, 6.07) is -1.19. The number of rotatable bonds is 5. The predicted molar refractivity (Wildman–Crippen MR) is 60.9 cm³/mol. The number of hydrogen-bond acceptors (Lipinski definition) is 6. The van der Waals surface area contributed by atoms with Gasteiger partial charge in [0.1, 0.15) is 6.04 Å². The van der Waals surface area contributed by atoms with Crippen LogP contribution in [0.4, 0.5) is 13.2 Å². The van der Waals surface area contributed by atoms with Gasteiger partial charge in [0.15, 0.2) is 4.34 Å². The van der Waals surface area contributed by atoms with Gasteiger partial charge in [0.05, 0.1) is 0 Å². The van der Waals surface area contributed by atoms with E-state index in [1.54, 1.807) is 0 Å². The molecule has 0 aliphatic carbocycles. The summed E-state index contributed by atoms with van der Waals surface area (Å²) < 4.78 is 36.7. The maximum Gasteiger partial charge on any atom is 0.445 e.